The molecular weight excluding hydrogens is 412 g/mol. The molecule has 1 atom stereocenters. The fourth-order valence-electron chi connectivity index (χ4n) is 3.64. The molecule has 0 aliphatic rings. The lowest BCUT2D eigenvalue weighted by molar-refractivity contribution is -0.143. The fraction of sp³-hybridized carbons (Fsp3) is 0.286. The predicted molar refractivity (Wildman–Crippen MR) is 131 cm³/mol. The van der Waals surface area contributed by atoms with Gasteiger partial charge in [0, 0.05) is 13.1 Å². The average Bonchev–Trinajstić information content (AvgIpc) is 2.87. The first-order valence-electron chi connectivity index (χ1n) is 11.5. The van der Waals surface area contributed by atoms with Crippen LogP contribution >= 0.6 is 0 Å². The van der Waals surface area contributed by atoms with Crippen molar-refractivity contribution in [3.05, 3.63) is 102 Å². The Hall–Kier alpha value is -3.60. The van der Waals surface area contributed by atoms with E-state index in [4.69, 9.17) is 4.74 Å². The number of nitrogens with one attached hydrogen (secondary N) is 1. The Morgan fingerprint density at radius 1 is 0.848 bits per heavy atom. The van der Waals surface area contributed by atoms with Gasteiger partial charge in [-0.05, 0) is 29.7 Å². The van der Waals surface area contributed by atoms with Crippen molar-refractivity contribution in [2.45, 2.75) is 38.8 Å². The standard InChI is InChI=1S/C28H32N2O3/c1-2-3-13-20-29-28(32)27(24-16-9-5-10-17-24)30(21-23-14-7-4-8-15-23)26(31)22-33-25-18-11-6-12-19-25/h4-12,14-19,27H,2-3,13,20-22H2,1H3,(H,29,32). The van der Waals surface area contributed by atoms with E-state index in [2.05, 4.69) is 12.2 Å². The van der Waals surface area contributed by atoms with E-state index in [1.54, 1.807) is 4.90 Å². The van der Waals surface area contributed by atoms with Crippen molar-refractivity contribution in [1.29, 1.82) is 0 Å². The summed E-state index contributed by atoms with van der Waals surface area (Å²) in [5, 5.41) is 3.04. The van der Waals surface area contributed by atoms with Crippen molar-refractivity contribution in [2.24, 2.45) is 0 Å². The predicted octanol–water partition coefficient (Wildman–Crippen LogP) is 5.14. The number of hydrogen-bond donors (Lipinski definition) is 1. The normalized spacial score (nSPS) is 11.4. The first-order valence-corrected chi connectivity index (χ1v) is 11.5. The van der Waals surface area contributed by atoms with E-state index in [9.17, 15) is 9.59 Å². The number of carbonyl (C=O) groups excluding carboxylic acids is 2. The smallest absolute Gasteiger partial charge is 0.261 e. The third-order valence-electron chi connectivity index (χ3n) is 5.38. The van der Waals surface area contributed by atoms with Crippen LogP contribution in [0.25, 0.3) is 0 Å². The maximum absolute atomic E-state index is 13.4. The van der Waals surface area contributed by atoms with E-state index in [1.165, 1.54) is 0 Å². The second-order valence-corrected chi connectivity index (χ2v) is 7.92. The van der Waals surface area contributed by atoms with Gasteiger partial charge in [-0.2, -0.15) is 0 Å². The van der Waals surface area contributed by atoms with Crippen LogP contribution in [0.5, 0.6) is 5.75 Å². The number of benzene rings is 3. The highest BCUT2D eigenvalue weighted by Crippen LogP contribution is 2.24. The van der Waals surface area contributed by atoms with E-state index < -0.39 is 6.04 Å². The lowest BCUT2D eigenvalue weighted by Crippen LogP contribution is -2.45. The highest BCUT2D eigenvalue weighted by Gasteiger charge is 2.31. The van der Waals surface area contributed by atoms with Crippen molar-refractivity contribution in [3.8, 4) is 5.75 Å². The van der Waals surface area contributed by atoms with Crippen LogP contribution in [-0.2, 0) is 16.1 Å². The number of rotatable bonds is 12. The van der Waals surface area contributed by atoms with E-state index in [1.807, 2.05) is 91.0 Å². The molecular formula is C28H32N2O3. The lowest BCUT2D eigenvalue weighted by Gasteiger charge is -2.31. The lowest BCUT2D eigenvalue weighted by atomic mass is 10.0. The second kappa shape index (κ2) is 13.1. The van der Waals surface area contributed by atoms with E-state index >= 15 is 0 Å². The van der Waals surface area contributed by atoms with Gasteiger partial charge in [-0.15, -0.1) is 0 Å². The zero-order valence-electron chi connectivity index (χ0n) is 19.2. The van der Waals surface area contributed by atoms with Gasteiger partial charge in [0.25, 0.3) is 5.91 Å². The number of para-hydroxylation sites is 1. The summed E-state index contributed by atoms with van der Waals surface area (Å²) in [4.78, 5) is 28.4. The van der Waals surface area contributed by atoms with Gasteiger partial charge in [0.15, 0.2) is 6.61 Å². The molecule has 0 saturated heterocycles. The largest absolute Gasteiger partial charge is 0.484 e. The highest BCUT2D eigenvalue weighted by molar-refractivity contribution is 5.89. The van der Waals surface area contributed by atoms with Gasteiger partial charge >= 0.3 is 0 Å². The van der Waals surface area contributed by atoms with Gasteiger partial charge in [-0.25, -0.2) is 0 Å². The summed E-state index contributed by atoms with van der Waals surface area (Å²) in [7, 11) is 0. The summed E-state index contributed by atoms with van der Waals surface area (Å²) in [5.74, 6) is 0.187. The summed E-state index contributed by atoms with van der Waals surface area (Å²) >= 11 is 0. The van der Waals surface area contributed by atoms with Crippen LogP contribution in [0, 0.1) is 0 Å². The Morgan fingerprint density at radius 3 is 2.09 bits per heavy atom. The first-order chi connectivity index (χ1) is 16.2. The molecule has 5 heteroatoms. The molecule has 3 aromatic rings. The molecule has 0 spiro atoms. The van der Waals surface area contributed by atoms with Crippen LogP contribution in [0.4, 0.5) is 0 Å². The Labute approximate surface area is 196 Å². The number of carbonyl (C=O) groups is 2. The van der Waals surface area contributed by atoms with E-state index in [0.717, 1.165) is 30.4 Å². The Balaban J connectivity index is 1.86. The Bertz CT molecular complexity index is 978. The molecule has 0 radical (unpaired) electrons. The monoisotopic (exact) mass is 444 g/mol. The molecule has 3 aromatic carbocycles. The minimum absolute atomic E-state index is 0.150. The highest BCUT2D eigenvalue weighted by atomic mass is 16.5. The Morgan fingerprint density at radius 2 is 1.45 bits per heavy atom. The molecule has 0 aliphatic heterocycles. The number of unbranched alkanes of at least 4 members (excludes halogenated alkanes) is 2. The maximum Gasteiger partial charge on any atom is 0.261 e. The molecule has 3 rings (SSSR count). The molecule has 1 N–H and O–H groups in total. The van der Waals surface area contributed by atoms with Crippen molar-refractivity contribution in [3.63, 3.8) is 0 Å². The van der Waals surface area contributed by atoms with Crippen molar-refractivity contribution in [1.82, 2.24) is 10.2 Å². The van der Waals surface area contributed by atoms with Crippen LogP contribution in [0.1, 0.15) is 43.4 Å². The van der Waals surface area contributed by atoms with E-state index in [0.29, 0.717) is 18.8 Å². The van der Waals surface area contributed by atoms with Gasteiger partial charge in [-0.3, -0.25) is 9.59 Å². The molecule has 0 bridgehead atoms. The Kier molecular flexibility index (Phi) is 9.52. The minimum Gasteiger partial charge on any atom is -0.484 e. The van der Waals surface area contributed by atoms with Gasteiger partial charge in [0.2, 0.25) is 5.91 Å². The molecule has 0 fully saturated rings. The second-order valence-electron chi connectivity index (χ2n) is 7.92. The molecule has 0 saturated carbocycles. The van der Waals surface area contributed by atoms with Crippen molar-refractivity contribution >= 4 is 11.8 Å². The summed E-state index contributed by atoms with van der Waals surface area (Å²) in [6.07, 6.45) is 3.04. The van der Waals surface area contributed by atoms with Crippen molar-refractivity contribution < 1.29 is 14.3 Å². The fourth-order valence-corrected chi connectivity index (χ4v) is 3.64. The summed E-state index contributed by atoms with van der Waals surface area (Å²) in [6, 6.07) is 27.6. The molecule has 1 unspecified atom stereocenters. The molecule has 0 aromatic heterocycles. The molecule has 172 valence electrons. The number of hydrogen-bond acceptors (Lipinski definition) is 3. The number of nitrogens with zero attached hydrogens (tertiary/aromatic N) is 1. The molecule has 0 aliphatic carbocycles. The first kappa shape index (κ1) is 24.1. The third kappa shape index (κ3) is 7.49. The van der Waals surface area contributed by atoms with Crippen molar-refractivity contribution in [2.75, 3.05) is 13.2 Å². The van der Waals surface area contributed by atoms with Gasteiger partial charge in [0.05, 0.1) is 0 Å². The zero-order valence-corrected chi connectivity index (χ0v) is 19.2. The maximum atomic E-state index is 13.4. The van der Waals surface area contributed by atoms with Crippen LogP contribution in [0.15, 0.2) is 91.0 Å². The molecule has 2 amide bonds. The zero-order chi connectivity index (χ0) is 23.3. The summed E-state index contributed by atoms with van der Waals surface area (Å²) in [5.41, 5.74) is 1.72. The van der Waals surface area contributed by atoms with Crippen LogP contribution in [0.2, 0.25) is 0 Å². The molecule has 5 nitrogen and oxygen atoms in total. The number of ether oxygens (including phenoxy) is 1. The quantitative estimate of drug-likeness (QED) is 0.394. The van der Waals surface area contributed by atoms with Gasteiger partial charge in [0.1, 0.15) is 11.8 Å². The van der Waals surface area contributed by atoms with Gasteiger partial charge in [-0.1, -0.05) is 98.6 Å². The minimum atomic E-state index is -0.750. The molecule has 33 heavy (non-hydrogen) atoms. The topological polar surface area (TPSA) is 58.6 Å². The number of amides is 2. The molecule has 0 heterocycles. The van der Waals surface area contributed by atoms with Crippen LogP contribution in [0.3, 0.4) is 0 Å². The van der Waals surface area contributed by atoms with Crippen LogP contribution < -0.4 is 10.1 Å². The third-order valence-corrected chi connectivity index (χ3v) is 5.38. The summed E-state index contributed by atoms with van der Waals surface area (Å²) < 4.78 is 5.74. The average molecular weight is 445 g/mol. The summed E-state index contributed by atoms with van der Waals surface area (Å²) in [6.45, 7) is 2.87. The van der Waals surface area contributed by atoms with E-state index in [-0.39, 0.29) is 18.4 Å². The van der Waals surface area contributed by atoms with Crippen LogP contribution in [-0.4, -0.2) is 29.9 Å². The van der Waals surface area contributed by atoms with Gasteiger partial charge < -0.3 is 15.0 Å². The SMILES string of the molecule is CCCCCNC(=O)C(c1ccccc1)N(Cc1ccccc1)C(=O)COc1ccccc1.